The van der Waals surface area contributed by atoms with Gasteiger partial charge in [-0.05, 0) is 31.4 Å². The summed E-state index contributed by atoms with van der Waals surface area (Å²) < 4.78 is 0. The Morgan fingerprint density at radius 2 is 1.82 bits per heavy atom. The van der Waals surface area contributed by atoms with E-state index >= 15 is 0 Å². The van der Waals surface area contributed by atoms with Crippen LogP contribution in [0.3, 0.4) is 0 Å². The van der Waals surface area contributed by atoms with Crippen LogP contribution in [0, 0.1) is 0 Å². The summed E-state index contributed by atoms with van der Waals surface area (Å²) in [7, 11) is 3.25. The molecule has 2 amide bonds. The summed E-state index contributed by atoms with van der Waals surface area (Å²) in [5, 5.41) is 17.8. The fourth-order valence-electron chi connectivity index (χ4n) is 2.46. The van der Waals surface area contributed by atoms with Gasteiger partial charge >= 0.3 is 0 Å². The van der Waals surface area contributed by atoms with Gasteiger partial charge in [-0.15, -0.1) is 0 Å². The number of aliphatic hydroxyl groups is 1. The Kier molecular flexibility index (Phi) is 10.3. The molecule has 0 radical (unpaired) electrons. The van der Waals surface area contributed by atoms with E-state index in [2.05, 4.69) is 20.9 Å². The van der Waals surface area contributed by atoms with Gasteiger partial charge in [0.25, 0.3) is 0 Å². The number of allylic oxidation sites excluding steroid dienone is 1. The first-order valence-electron chi connectivity index (χ1n) is 9.16. The number of nitrogens with one attached hydrogen (secondary N) is 3. The first-order valence-corrected chi connectivity index (χ1v) is 9.16. The highest BCUT2D eigenvalue weighted by atomic mass is 16.3. The maximum absolute atomic E-state index is 12.2. The van der Waals surface area contributed by atoms with Gasteiger partial charge in [-0.25, -0.2) is 4.99 Å². The lowest BCUT2D eigenvalue weighted by Gasteiger charge is -2.16. The molecular weight excluding hydrogens is 356 g/mol. The summed E-state index contributed by atoms with van der Waals surface area (Å²) in [4.78, 5) is 28.1. The maximum Gasteiger partial charge on any atom is 0.250 e. The van der Waals surface area contributed by atoms with Crippen molar-refractivity contribution in [3.05, 3.63) is 58.9 Å². The molecule has 4 N–H and O–H groups in total. The number of likely N-dealkylation sites (N-methyl/N-ethyl adjacent to an activating group) is 1. The topological polar surface area (TPSA) is 103 Å². The van der Waals surface area contributed by atoms with Crippen molar-refractivity contribution in [1.82, 2.24) is 16.0 Å². The molecule has 0 aliphatic carbocycles. The summed E-state index contributed by atoms with van der Waals surface area (Å²) >= 11 is 0. The first kappa shape index (κ1) is 23.1. The maximum atomic E-state index is 12.2. The summed E-state index contributed by atoms with van der Waals surface area (Å²) in [6.07, 6.45) is 4.09. The Morgan fingerprint density at radius 3 is 2.39 bits per heavy atom. The Morgan fingerprint density at radius 1 is 1.14 bits per heavy atom. The standard InChI is InChI=1S/C21H30N4O3/c1-15(13-24-20(22-3)16(2)21(28)23-4)10-11-19(27)25-18(14-26)12-17-8-6-5-7-9-17/h5-10,13,18,22,26H,11-12,14H2,1-4H3,(H,23,28)(H,25,27)/b15-10-,20-16+,24-13-/t18-/m0/s1. The van der Waals surface area contributed by atoms with Crippen LogP contribution in [0.4, 0.5) is 0 Å². The zero-order chi connectivity index (χ0) is 20.9. The third-order valence-corrected chi connectivity index (χ3v) is 4.08. The number of aliphatic imine (C=N–C) groups is 1. The molecule has 0 saturated heterocycles. The molecule has 0 saturated carbocycles. The number of nitrogens with zero attached hydrogens (tertiary/aromatic N) is 1. The van der Waals surface area contributed by atoms with Gasteiger partial charge in [-0.2, -0.15) is 0 Å². The number of rotatable bonds is 10. The lowest BCUT2D eigenvalue weighted by atomic mass is 10.1. The molecular formula is C21H30N4O3. The molecule has 0 spiro atoms. The lowest BCUT2D eigenvalue weighted by Crippen LogP contribution is -2.38. The van der Waals surface area contributed by atoms with Crippen molar-refractivity contribution in [3.63, 3.8) is 0 Å². The van der Waals surface area contributed by atoms with Crippen LogP contribution in [-0.4, -0.2) is 49.9 Å². The largest absolute Gasteiger partial charge is 0.394 e. The van der Waals surface area contributed by atoms with Gasteiger partial charge in [0.2, 0.25) is 11.8 Å². The van der Waals surface area contributed by atoms with Crippen LogP contribution in [0.25, 0.3) is 0 Å². The predicted molar refractivity (Wildman–Crippen MR) is 112 cm³/mol. The Bertz CT molecular complexity index is 739. The van der Waals surface area contributed by atoms with Crippen LogP contribution < -0.4 is 16.0 Å². The smallest absolute Gasteiger partial charge is 0.250 e. The highest BCUT2D eigenvalue weighted by molar-refractivity contribution is 5.93. The minimum absolute atomic E-state index is 0.125. The van der Waals surface area contributed by atoms with E-state index in [-0.39, 0.29) is 30.9 Å². The summed E-state index contributed by atoms with van der Waals surface area (Å²) in [5.74, 6) is 0.0735. The zero-order valence-corrected chi connectivity index (χ0v) is 17.0. The normalized spacial score (nSPS) is 13.7. The molecule has 1 aromatic carbocycles. The van der Waals surface area contributed by atoms with E-state index in [1.807, 2.05) is 37.3 Å². The second kappa shape index (κ2) is 12.5. The van der Waals surface area contributed by atoms with E-state index in [1.54, 1.807) is 33.3 Å². The Balaban J connectivity index is 2.63. The van der Waals surface area contributed by atoms with Crippen molar-refractivity contribution < 1.29 is 14.7 Å². The summed E-state index contributed by atoms with van der Waals surface area (Å²) in [5.41, 5.74) is 2.31. The highest BCUT2D eigenvalue weighted by Crippen LogP contribution is 2.05. The number of benzene rings is 1. The van der Waals surface area contributed by atoms with Gasteiger partial charge in [0.15, 0.2) is 0 Å². The second-order valence-electron chi connectivity index (χ2n) is 6.35. The van der Waals surface area contributed by atoms with E-state index in [9.17, 15) is 14.7 Å². The number of hydrogen-bond donors (Lipinski definition) is 4. The average Bonchev–Trinajstić information content (AvgIpc) is 2.72. The number of carbonyl (C=O) groups is 2. The third-order valence-electron chi connectivity index (χ3n) is 4.08. The van der Waals surface area contributed by atoms with Crippen LogP contribution in [0.5, 0.6) is 0 Å². The molecule has 1 rings (SSSR count). The first-order chi connectivity index (χ1) is 13.4. The average molecular weight is 386 g/mol. The van der Waals surface area contributed by atoms with Crippen molar-refractivity contribution in [1.29, 1.82) is 0 Å². The number of hydrogen-bond acceptors (Lipinski definition) is 5. The number of aliphatic hydroxyl groups excluding tert-OH is 1. The Hall–Kier alpha value is -2.93. The van der Waals surface area contributed by atoms with Crippen LogP contribution >= 0.6 is 0 Å². The van der Waals surface area contributed by atoms with Gasteiger partial charge in [0, 0.05) is 26.7 Å². The molecule has 1 atom stereocenters. The van der Waals surface area contributed by atoms with E-state index in [1.165, 1.54) is 0 Å². The van der Waals surface area contributed by atoms with Gasteiger partial charge in [0.05, 0.1) is 18.2 Å². The SMILES string of the molecule is CNC(=O)/C(C)=C(/N=C\C(C)=C/CC(=O)N[C@H](CO)Cc1ccccc1)NC. The summed E-state index contributed by atoms with van der Waals surface area (Å²) in [6, 6.07) is 9.38. The number of amides is 2. The van der Waals surface area contributed by atoms with Crippen LogP contribution in [-0.2, 0) is 16.0 Å². The van der Waals surface area contributed by atoms with Gasteiger partial charge < -0.3 is 21.1 Å². The van der Waals surface area contributed by atoms with Crippen molar-refractivity contribution >= 4 is 18.0 Å². The minimum Gasteiger partial charge on any atom is -0.394 e. The molecule has 1 aromatic rings. The van der Waals surface area contributed by atoms with Crippen molar-refractivity contribution in [2.45, 2.75) is 32.7 Å². The zero-order valence-electron chi connectivity index (χ0n) is 17.0. The molecule has 0 unspecified atom stereocenters. The fourth-order valence-corrected chi connectivity index (χ4v) is 2.46. The number of carbonyl (C=O) groups excluding carboxylic acids is 2. The molecule has 0 bridgehead atoms. The quantitative estimate of drug-likeness (QED) is 0.360. The monoisotopic (exact) mass is 386 g/mol. The molecule has 0 heterocycles. The molecule has 7 nitrogen and oxygen atoms in total. The van der Waals surface area contributed by atoms with Crippen LogP contribution in [0.2, 0.25) is 0 Å². The van der Waals surface area contributed by atoms with E-state index in [0.29, 0.717) is 17.8 Å². The molecule has 0 aliphatic heterocycles. The second-order valence-corrected chi connectivity index (χ2v) is 6.35. The van der Waals surface area contributed by atoms with Crippen LogP contribution in [0.15, 0.2) is 58.4 Å². The predicted octanol–water partition coefficient (Wildman–Crippen LogP) is 1.31. The van der Waals surface area contributed by atoms with E-state index in [4.69, 9.17) is 0 Å². The lowest BCUT2D eigenvalue weighted by molar-refractivity contribution is -0.121. The van der Waals surface area contributed by atoms with Gasteiger partial charge in [-0.1, -0.05) is 36.4 Å². The Labute approximate surface area is 166 Å². The molecule has 7 heteroatoms. The van der Waals surface area contributed by atoms with Gasteiger partial charge in [-0.3, -0.25) is 9.59 Å². The van der Waals surface area contributed by atoms with Crippen molar-refractivity contribution in [2.24, 2.45) is 4.99 Å². The third kappa shape index (κ3) is 8.18. The highest BCUT2D eigenvalue weighted by Gasteiger charge is 2.11. The van der Waals surface area contributed by atoms with Gasteiger partial charge in [0.1, 0.15) is 5.82 Å². The molecule has 28 heavy (non-hydrogen) atoms. The summed E-state index contributed by atoms with van der Waals surface area (Å²) in [6.45, 7) is 3.38. The molecule has 0 aromatic heterocycles. The molecule has 0 fully saturated rings. The minimum atomic E-state index is -0.327. The van der Waals surface area contributed by atoms with Crippen molar-refractivity contribution in [3.8, 4) is 0 Å². The van der Waals surface area contributed by atoms with Crippen LogP contribution in [0.1, 0.15) is 25.8 Å². The van der Waals surface area contributed by atoms with E-state index in [0.717, 1.165) is 11.1 Å². The van der Waals surface area contributed by atoms with Crippen molar-refractivity contribution in [2.75, 3.05) is 20.7 Å². The molecule has 0 aliphatic rings. The van der Waals surface area contributed by atoms with E-state index < -0.39 is 0 Å². The molecule has 152 valence electrons. The fraction of sp³-hybridized carbons (Fsp3) is 0.381.